The number of ketones is 1. The van der Waals surface area contributed by atoms with Gasteiger partial charge in [-0.1, -0.05) is 0 Å². The van der Waals surface area contributed by atoms with Crippen molar-refractivity contribution in [3.05, 3.63) is 0 Å². The van der Waals surface area contributed by atoms with Crippen molar-refractivity contribution in [1.29, 1.82) is 0 Å². The maximum atomic E-state index is 10.9. The zero-order valence-electron chi connectivity index (χ0n) is 7.29. The van der Waals surface area contributed by atoms with Crippen LogP contribution in [-0.2, 0) is 14.3 Å². The van der Waals surface area contributed by atoms with E-state index in [1.807, 2.05) is 0 Å². The smallest absolute Gasteiger partial charge is 0.302 e. The van der Waals surface area contributed by atoms with Gasteiger partial charge in [0.05, 0.1) is 6.04 Å². The Labute approximate surface area is 71.3 Å². The van der Waals surface area contributed by atoms with Crippen LogP contribution >= 0.6 is 0 Å². The van der Waals surface area contributed by atoms with Crippen LogP contribution < -0.4 is 5.32 Å². The van der Waals surface area contributed by atoms with Gasteiger partial charge < -0.3 is 10.1 Å². The maximum Gasteiger partial charge on any atom is 0.302 e. The highest BCUT2D eigenvalue weighted by molar-refractivity contribution is 5.81. The third-order valence-electron chi connectivity index (χ3n) is 1.91. The van der Waals surface area contributed by atoms with E-state index in [9.17, 15) is 9.59 Å². The number of esters is 1. The summed E-state index contributed by atoms with van der Waals surface area (Å²) < 4.78 is 4.94. The molecule has 4 heteroatoms. The predicted octanol–water partition coefficient (Wildman–Crippen LogP) is -0.131. The summed E-state index contributed by atoms with van der Waals surface area (Å²) in [5.74, 6) is -0.185. The van der Waals surface area contributed by atoms with Gasteiger partial charge in [-0.25, -0.2) is 0 Å². The first-order valence-corrected chi connectivity index (χ1v) is 4.00. The van der Waals surface area contributed by atoms with E-state index in [1.165, 1.54) is 13.8 Å². The van der Waals surface area contributed by atoms with Crippen LogP contribution in [0.2, 0.25) is 0 Å². The van der Waals surface area contributed by atoms with Crippen LogP contribution in [0.1, 0.15) is 20.3 Å². The lowest BCUT2D eigenvalue weighted by Crippen LogP contribution is -2.28. The fourth-order valence-electron chi connectivity index (χ4n) is 1.34. The highest BCUT2D eigenvalue weighted by Crippen LogP contribution is 2.10. The molecule has 0 unspecified atom stereocenters. The Morgan fingerprint density at radius 1 is 1.42 bits per heavy atom. The Bertz CT molecular complexity index is 202. The van der Waals surface area contributed by atoms with E-state index in [4.69, 9.17) is 4.74 Å². The second-order valence-electron chi connectivity index (χ2n) is 3.04. The van der Waals surface area contributed by atoms with Crippen LogP contribution in [0, 0.1) is 0 Å². The molecule has 0 aromatic carbocycles. The highest BCUT2D eigenvalue weighted by Gasteiger charge is 2.28. The van der Waals surface area contributed by atoms with Crippen LogP contribution in [-0.4, -0.2) is 30.4 Å². The van der Waals surface area contributed by atoms with Crippen molar-refractivity contribution in [1.82, 2.24) is 5.32 Å². The summed E-state index contributed by atoms with van der Waals surface area (Å²) in [4.78, 5) is 21.4. The summed E-state index contributed by atoms with van der Waals surface area (Å²) >= 11 is 0. The van der Waals surface area contributed by atoms with Gasteiger partial charge in [0.15, 0.2) is 0 Å². The van der Waals surface area contributed by atoms with E-state index in [1.54, 1.807) is 0 Å². The zero-order valence-corrected chi connectivity index (χ0v) is 7.29. The Kier molecular flexibility index (Phi) is 2.81. The predicted molar refractivity (Wildman–Crippen MR) is 42.6 cm³/mol. The SMILES string of the molecule is CC(=O)O[C@@H]1CN[C@H](C(C)=O)C1. The quantitative estimate of drug-likeness (QED) is 0.588. The van der Waals surface area contributed by atoms with Crippen molar-refractivity contribution in [2.24, 2.45) is 0 Å². The molecule has 0 bridgehead atoms. The number of hydrogen-bond donors (Lipinski definition) is 1. The lowest BCUT2D eigenvalue weighted by molar-refractivity contribution is -0.145. The summed E-state index contributed by atoms with van der Waals surface area (Å²) in [7, 11) is 0. The minimum atomic E-state index is -0.286. The van der Waals surface area contributed by atoms with E-state index in [2.05, 4.69) is 5.32 Å². The summed E-state index contributed by atoms with van der Waals surface area (Å²) in [6, 6.07) is -0.130. The molecule has 0 aromatic rings. The molecule has 1 aliphatic rings. The molecular formula is C8H13NO3. The largest absolute Gasteiger partial charge is 0.461 e. The van der Waals surface area contributed by atoms with Gasteiger partial charge in [0, 0.05) is 19.9 Å². The van der Waals surface area contributed by atoms with Crippen LogP contribution in [0.15, 0.2) is 0 Å². The van der Waals surface area contributed by atoms with E-state index in [0.717, 1.165) is 0 Å². The number of carbonyl (C=O) groups is 2. The molecule has 1 N–H and O–H groups in total. The summed E-state index contributed by atoms with van der Waals surface area (Å²) in [5.41, 5.74) is 0. The third kappa shape index (κ3) is 2.30. The number of ether oxygens (including phenoxy) is 1. The molecule has 0 spiro atoms. The molecule has 4 nitrogen and oxygen atoms in total. The van der Waals surface area contributed by atoms with Gasteiger partial charge in [-0.15, -0.1) is 0 Å². The van der Waals surface area contributed by atoms with Crippen molar-refractivity contribution < 1.29 is 14.3 Å². The molecule has 0 aliphatic carbocycles. The molecule has 1 rings (SSSR count). The van der Waals surface area contributed by atoms with Crippen molar-refractivity contribution >= 4 is 11.8 Å². The summed E-state index contributed by atoms with van der Waals surface area (Å²) in [6.45, 7) is 3.50. The topological polar surface area (TPSA) is 55.4 Å². The molecule has 1 aliphatic heterocycles. The average Bonchev–Trinajstić information content (AvgIpc) is 2.34. The Hall–Kier alpha value is -0.900. The summed E-state index contributed by atoms with van der Waals surface area (Å²) in [6.07, 6.45) is 0.478. The van der Waals surface area contributed by atoms with Crippen molar-refractivity contribution in [3.8, 4) is 0 Å². The first-order chi connectivity index (χ1) is 5.59. The minimum Gasteiger partial charge on any atom is -0.461 e. The Balaban J connectivity index is 2.35. The van der Waals surface area contributed by atoms with Gasteiger partial charge >= 0.3 is 5.97 Å². The summed E-state index contributed by atoms with van der Waals surface area (Å²) in [5, 5.41) is 2.98. The Morgan fingerprint density at radius 2 is 2.08 bits per heavy atom. The molecule has 2 atom stereocenters. The standard InChI is InChI=1S/C8H13NO3/c1-5(10)8-3-7(4-9-8)12-6(2)11/h7-9H,3-4H2,1-2H3/t7-,8-/m0/s1. The van der Waals surface area contributed by atoms with Gasteiger partial charge in [0.25, 0.3) is 0 Å². The first kappa shape index (κ1) is 9.19. The number of nitrogens with one attached hydrogen (secondary N) is 1. The van der Waals surface area contributed by atoms with Gasteiger partial charge in [0.2, 0.25) is 0 Å². The fraction of sp³-hybridized carbons (Fsp3) is 0.750. The van der Waals surface area contributed by atoms with E-state index in [-0.39, 0.29) is 23.9 Å². The maximum absolute atomic E-state index is 10.9. The lowest BCUT2D eigenvalue weighted by Gasteiger charge is -2.07. The molecule has 1 saturated heterocycles. The molecule has 0 amide bonds. The van der Waals surface area contributed by atoms with Crippen LogP contribution in [0.3, 0.4) is 0 Å². The molecule has 0 aromatic heterocycles. The Morgan fingerprint density at radius 3 is 2.50 bits per heavy atom. The van der Waals surface area contributed by atoms with Crippen molar-refractivity contribution in [2.75, 3.05) is 6.54 Å². The third-order valence-corrected chi connectivity index (χ3v) is 1.91. The molecule has 0 saturated carbocycles. The van der Waals surface area contributed by atoms with Gasteiger partial charge in [-0.3, -0.25) is 9.59 Å². The van der Waals surface area contributed by atoms with E-state index in [0.29, 0.717) is 13.0 Å². The van der Waals surface area contributed by atoms with E-state index >= 15 is 0 Å². The first-order valence-electron chi connectivity index (χ1n) is 4.00. The fourth-order valence-corrected chi connectivity index (χ4v) is 1.34. The van der Waals surface area contributed by atoms with Crippen molar-refractivity contribution in [2.45, 2.75) is 32.4 Å². The molecule has 68 valence electrons. The van der Waals surface area contributed by atoms with Gasteiger partial charge in [-0.05, 0) is 6.92 Å². The minimum absolute atomic E-state index is 0.102. The second-order valence-corrected chi connectivity index (χ2v) is 3.04. The lowest BCUT2D eigenvalue weighted by atomic mass is 10.1. The molecule has 1 heterocycles. The van der Waals surface area contributed by atoms with Crippen LogP contribution in [0.5, 0.6) is 0 Å². The van der Waals surface area contributed by atoms with Crippen LogP contribution in [0.4, 0.5) is 0 Å². The molecule has 12 heavy (non-hydrogen) atoms. The number of hydrogen-bond acceptors (Lipinski definition) is 4. The van der Waals surface area contributed by atoms with E-state index < -0.39 is 0 Å². The molecule has 1 fully saturated rings. The molecular weight excluding hydrogens is 158 g/mol. The normalized spacial score (nSPS) is 28.5. The monoisotopic (exact) mass is 171 g/mol. The van der Waals surface area contributed by atoms with Gasteiger partial charge in [0.1, 0.15) is 11.9 Å². The number of rotatable bonds is 2. The second kappa shape index (κ2) is 3.67. The average molecular weight is 171 g/mol. The highest BCUT2D eigenvalue weighted by atomic mass is 16.5. The zero-order chi connectivity index (χ0) is 9.14. The van der Waals surface area contributed by atoms with Crippen LogP contribution in [0.25, 0.3) is 0 Å². The molecule has 0 radical (unpaired) electrons. The van der Waals surface area contributed by atoms with Crippen molar-refractivity contribution in [3.63, 3.8) is 0 Å². The number of carbonyl (C=O) groups excluding carboxylic acids is 2. The van der Waals surface area contributed by atoms with Gasteiger partial charge in [-0.2, -0.15) is 0 Å². The number of Topliss-reactive ketones (excluding diaryl/α,β-unsaturated/α-hetero) is 1.